The summed E-state index contributed by atoms with van der Waals surface area (Å²) in [5, 5.41) is 0. The van der Waals surface area contributed by atoms with E-state index in [1.807, 2.05) is 19.1 Å². The van der Waals surface area contributed by atoms with Crippen molar-refractivity contribution in [3.63, 3.8) is 0 Å². The van der Waals surface area contributed by atoms with Crippen LogP contribution in [0.3, 0.4) is 0 Å². The predicted molar refractivity (Wildman–Crippen MR) is 55.8 cm³/mol. The van der Waals surface area contributed by atoms with Gasteiger partial charge < -0.3 is 9.47 Å². The van der Waals surface area contributed by atoms with Gasteiger partial charge in [-0.2, -0.15) is 0 Å². The molecule has 0 aliphatic carbocycles. The number of rotatable bonds is 5. The average Bonchev–Trinajstić information content (AvgIpc) is 2.18. The highest BCUT2D eigenvalue weighted by molar-refractivity contribution is 6.17. The molecule has 0 aliphatic heterocycles. The van der Waals surface area contributed by atoms with Gasteiger partial charge in [0, 0.05) is 25.3 Å². The lowest BCUT2D eigenvalue weighted by Gasteiger charge is -2.12. The van der Waals surface area contributed by atoms with Crippen LogP contribution in [0.4, 0.5) is 0 Å². The monoisotopic (exact) mass is 215 g/mol. The van der Waals surface area contributed by atoms with Crippen molar-refractivity contribution in [2.45, 2.75) is 18.9 Å². The van der Waals surface area contributed by atoms with Crippen LogP contribution in [0.1, 0.15) is 12.5 Å². The summed E-state index contributed by atoms with van der Waals surface area (Å²) in [6.07, 6.45) is 1.69. The Morgan fingerprint density at radius 1 is 1.57 bits per heavy atom. The van der Waals surface area contributed by atoms with E-state index in [1.54, 1.807) is 13.3 Å². The van der Waals surface area contributed by atoms with Crippen LogP contribution in [0.25, 0.3) is 0 Å². The number of hydrogen-bond donors (Lipinski definition) is 0. The largest absolute Gasteiger partial charge is 0.472 e. The van der Waals surface area contributed by atoms with Crippen molar-refractivity contribution in [3.8, 4) is 5.88 Å². The van der Waals surface area contributed by atoms with Crippen LogP contribution in [0, 0.1) is 0 Å². The fourth-order valence-corrected chi connectivity index (χ4v) is 1.24. The van der Waals surface area contributed by atoms with E-state index in [0.29, 0.717) is 18.4 Å². The van der Waals surface area contributed by atoms with Crippen LogP contribution in [0.5, 0.6) is 5.88 Å². The van der Waals surface area contributed by atoms with Gasteiger partial charge in [0.15, 0.2) is 0 Å². The molecular weight excluding hydrogens is 202 g/mol. The van der Waals surface area contributed by atoms with Crippen molar-refractivity contribution in [1.82, 2.24) is 4.98 Å². The molecule has 1 heterocycles. The Morgan fingerprint density at radius 3 is 3.00 bits per heavy atom. The molecule has 0 saturated heterocycles. The number of hydrogen-bond acceptors (Lipinski definition) is 3. The normalized spacial score (nSPS) is 12.5. The lowest BCUT2D eigenvalue weighted by Crippen LogP contribution is -2.18. The third kappa shape index (κ3) is 3.52. The second-order valence-corrected chi connectivity index (χ2v) is 3.29. The van der Waals surface area contributed by atoms with Crippen molar-refractivity contribution in [1.29, 1.82) is 0 Å². The first kappa shape index (κ1) is 11.3. The third-order valence-corrected chi connectivity index (χ3v) is 1.99. The maximum absolute atomic E-state index is 5.69. The van der Waals surface area contributed by atoms with E-state index in [-0.39, 0.29) is 6.10 Å². The fraction of sp³-hybridized carbons (Fsp3) is 0.500. The summed E-state index contributed by atoms with van der Waals surface area (Å²) < 4.78 is 10.5. The molecule has 3 nitrogen and oxygen atoms in total. The molecular formula is C10H14ClNO2. The minimum Gasteiger partial charge on any atom is -0.472 e. The van der Waals surface area contributed by atoms with Gasteiger partial charge in [-0.05, 0) is 18.6 Å². The standard InChI is InChI=1S/C10H14ClNO2/c1-8(7-13-2)14-10-5-9(6-11)3-4-12-10/h3-5,8H,6-7H2,1-2H3. The van der Waals surface area contributed by atoms with Gasteiger partial charge >= 0.3 is 0 Å². The van der Waals surface area contributed by atoms with Crippen LogP contribution in [-0.2, 0) is 10.6 Å². The fourth-order valence-electron chi connectivity index (χ4n) is 1.07. The summed E-state index contributed by atoms with van der Waals surface area (Å²) in [6.45, 7) is 2.48. The third-order valence-electron chi connectivity index (χ3n) is 1.68. The first-order valence-corrected chi connectivity index (χ1v) is 4.96. The molecule has 0 N–H and O–H groups in total. The smallest absolute Gasteiger partial charge is 0.213 e. The zero-order chi connectivity index (χ0) is 10.4. The summed E-state index contributed by atoms with van der Waals surface area (Å²) in [6, 6.07) is 3.69. The summed E-state index contributed by atoms with van der Waals surface area (Å²) in [5.74, 6) is 1.06. The van der Waals surface area contributed by atoms with Crippen LogP contribution < -0.4 is 4.74 Å². The maximum Gasteiger partial charge on any atom is 0.213 e. The molecule has 0 saturated carbocycles. The predicted octanol–water partition coefficient (Wildman–Crippen LogP) is 2.23. The van der Waals surface area contributed by atoms with Crippen molar-refractivity contribution in [2.75, 3.05) is 13.7 Å². The molecule has 14 heavy (non-hydrogen) atoms. The lowest BCUT2D eigenvalue weighted by molar-refractivity contribution is 0.0889. The molecule has 1 atom stereocenters. The molecule has 0 amide bonds. The van der Waals surface area contributed by atoms with Crippen molar-refractivity contribution in [3.05, 3.63) is 23.9 Å². The zero-order valence-corrected chi connectivity index (χ0v) is 9.12. The Kier molecular flexibility index (Phi) is 4.70. The molecule has 4 heteroatoms. The van der Waals surface area contributed by atoms with E-state index in [0.717, 1.165) is 5.56 Å². The second-order valence-electron chi connectivity index (χ2n) is 3.02. The highest BCUT2D eigenvalue weighted by atomic mass is 35.5. The lowest BCUT2D eigenvalue weighted by atomic mass is 10.3. The number of aromatic nitrogens is 1. The topological polar surface area (TPSA) is 31.4 Å². The average molecular weight is 216 g/mol. The number of pyridine rings is 1. The Bertz CT molecular complexity index is 281. The van der Waals surface area contributed by atoms with Crippen LogP contribution in [0.15, 0.2) is 18.3 Å². The van der Waals surface area contributed by atoms with E-state index in [2.05, 4.69) is 4.98 Å². The van der Waals surface area contributed by atoms with Gasteiger partial charge in [-0.1, -0.05) is 0 Å². The number of nitrogens with zero attached hydrogens (tertiary/aromatic N) is 1. The van der Waals surface area contributed by atoms with E-state index in [1.165, 1.54) is 0 Å². The number of ether oxygens (including phenoxy) is 2. The van der Waals surface area contributed by atoms with E-state index < -0.39 is 0 Å². The first-order valence-electron chi connectivity index (χ1n) is 4.42. The number of alkyl halides is 1. The maximum atomic E-state index is 5.69. The molecule has 0 spiro atoms. The summed E-state index contributed by atoms with van der Waals surface area (Å²) in [7, 11) is 1.64. The summed E-state index contributed by atoms with van der Waals surface area (Å²) in [4.78, 5) is 4.07. The van der Waals surface area contributed by atoms with Gasteiger partial charge in [0.1, 0.15) is 6.10 Å². The van der Waals surface area contributed by atoms with Gasteiger partial charge in [0.25, 0.3) is 0 Å². The van der Waals surface area contributed by atoms with Gasteiger partial charge in [0.2, 0.25) is 5.88 Å². The molecule has 0 radical (unpaired) electrons. The van der Waals surface area contributed by atoms with Gasteiger partial charge in [-0.25, -0.2) is 4.98 Å². The molecule has 0 aromatic carbocycles. The van der Waals surface area contributed by atoms with E-state index >= 15 is 0 Å². The zero-order valence-electron chi connectivity index (χ0n) is 8.37. The summed E-state index contributed by atoms with van der Waals surface area (Å²) in [5.41, 5.74) is 1.00. The van der Waals surface area contributed by atoms with Crippen molar-refractivity contribution < 1.29 is 9.47 Å². The highest BCUT2D eigenvalue weighted by Gasteiger charge is 2.04. The molecule has 0 fully saturated rings. The van der Waals surface area contributed by atoms with Crippen molar-refractivity contribution in [2.24, 2.45) is 0 Å². The van der Waals surface area contributed by atoms with Crippen molar-refractivity contribution >= 4 is 11.6 Å². The summed E-state index contributed by atoms with van der Waals surface area (Å²) >= 11 is 5.69. The van der Waals surface area contributed by atoms with Gasteiger partial charge in [-0.15, -0.1) is 11.6 Å². The SMILES string of the molecule is COCC(C)Oc1cc(CCl)ccn1. The molecule has 0 aliphatic rings. The minimum atomic E-state index is -0.00178. The quantitative estimate of drug-likeness (QED) is 0.706. The number of methoxy groups -OCH3 is 1. The molecule has 0 bridgehead atoms. The molecule has 78 valence electrons. The van der Waals surface area contributed by atoms with Crippen LogP contribution >= 0.6 is 11.6 Å². The second kappa shape index (κ2) is 5.83. The Hall–Kier alpha value is -0.800. The van der Waals surface area contributed by atoms with E-state index in [9.17, 15) is 0 Å². The number of halogens is 1. The Morgan fingerprint density at radius 2 is 2.36 bits per heavy atom. The Balaban J connectivity index is 2.57. The molecule has 1 aromatic rings. The van der Waals surface area contributed by atoms with Gasteiger partial charge in [-0.3, -0.25) is 0 Å². The molecule has 1 aromatic heterocycles. The highest BCUT2D eigenvalue weighted by Crippen LogP contribution is 2.12. The van der Waals surface area contributed by atoms with Crippen LogP contribution in [-0.4, -0.2) is 24.8 Å². The first-order chi connectivity index (χ1) is 6.76. The van der Waals surface area contributed by atoms with Crippen LogP contribution in [0.2, 0.25) is 0 Å². The molecule has 1 unspecified atom stereocenters. The van der Waals surface area contributed by atoms with Gasteiger partial charge in [0.05, 0.1) is 6.61 Å². The molecule has 1 rings (SSSR count). The Labute approximate surface area is 89.0 Å². The minimum absolute atomic E-state index is 0.00178. The van der Waals surface area contributed by atoms with E-state index in [4.69, 9.17) is 21.1 Å².